The number of rotatable bonds is 5. The molecule has 0 bridgehead atoms. The van der Waals surface area contributed by atoms with E-state index in [4.69, 9.17) is 10.00 Å². The maximum absolute atomic E-state index is 12.0. The summed E-state index contributed by atoms with van der Waals surface area (Å²) in [6, 6.07) is 16.8. The Kier molecular flexibility index (Phi) is 5.53. The standard InChI is InChI=1S/C20H21N3O2/c21-14-16-6-2-3-7-19(16)25-15-20(24)22-17-8-10-18(11-9-17)23-12-4-1-5-13-23/h2-3,6-11H,1,4-5,12-13,15H2,(H,22,24). The summed E-state index contributed by atoms with van der Waals surface area (Å²) < 4.78 is 5.44. The number of benzene rings is 2. The molecule has 0 unspecified atom stereocenters. The minimum Gasteiger partial charge on any atom is -0.482 e. The quantitative estimate of drug-likeness (QED) is 0.907. The lowest BCUT2D eigenvalue weighted by atomic mass is 10.1. The number of nitrogens with zero attached hydrogens (tertiary/aromatic N) is 2. The molecule has 128 valence electrons. The summed E-state index contributed by atoms with van der Waals surface area (Å²) in [7, 11) is 0. The van der Waals surface area contributed by atoms with Crippen molar-refractivity contribution in [3.05, 3.63) is 54.1 Å². The van der Waals surface area contributed by atoms with Gasteiger partial charge in [-0.15, -0.1) is 0 Å². The van der Waals surface area contributed by atoms with E-state index in [0.29, 0.717) is 11.3 Å². The molecule has 2 aromatic rings. The summed E-state index contributed by atoms with van der Waals surface area (Å²) in [6.45, 7) is 2.06. The molecule has 5 nitrogen and oxygen atoms in total. The molecule has 1 saturated heterocycles. The maximum atomic E-state index is 12.0. The van der Waals surface area contributed by atoms with Gasteiger partial charge in [0.15, 0.2) is 6.61 Å². The molecule has 1 aliphatic heterocycles. The van der Waals surface area contributed by atoms with E-state index in [0.717, 1.165) is 18.8 Å². The Morgan fingerprint density at radius 2 is 1.80 bits per heavy atom. The van der Waals surface area contributed by atoms with E-state index in [9.17, 15) is 4.79 Å². The van der Waals surface area contributed by atoms with Crippen LogP contribution in [0.15, 0.2) is 48.5 Å². The molecule has 5 heteroatoms. The van der Waals surface area contributed by atoms with E-state index in [1.165, 1.54) is 24.9 Å². The zero-order valence-electron chi connectivity index (χ0n) is 14.1. The van der Waals surface area contributed by atoms with Crippen molar-refractivity contribution in [3.8, 4) is 11.8 Å². The average Bonchev–Trinajstić information content (AvgIpc) is 2.68. The molecule has 0 aliphatic carbocycles. The van der Waals surface area contributed by atoms with Crippen LogP contribution < -0.4 is 15.0 Å². The highest BCUT2D eigenvalue weighted by Gasteiger charge is 2.11. The monoisotopic (exact) mass is 335 g/mol. The minimum atomic E-state index is -0.251. The molecule has 1 aliphatic rings. The lowest BCUT2D eigenvalue weighted by molar-refractivity contribution is -0.118. The fourth-order valence-electron chi connectivity index (χ4n) is 2.93. The summed E-state index contributed by atoms with van der Waals surface area (Å²) in [6.07, 6.45) is 3.78. The molecule has 3 rings (SSSR count). The van der Waals surface area contributed by atoms with E-state index in [1.807, 2.05) is 30.3 Å². The molecule has 25 heavy (non-hydrogen) atoms. The number of hydrogen-bond donors (Lipinski definition) is 1. The first kappa shape index (κ1) is 16.8. The van der Waals surface area contributed by atoms with Crippen molar-refractivity contribution in [2.24, 2.45) is 0 Å². The molecule has 2 aromatic carbocycles. The Labute approximate surface area is 147 Å². The third-order valence-corrected chi connectivity index (χ3v) is 4.24. The van der Waals surface area contributed by atoms with Gasteiger partial charge in [-0.25, -0.2) is 0 Å². The molecule has 1 N–H and O–H groups in total. The molecule has 1 amide bonds. The number of hydrogen-bond acceptors (Lipinski definition) is 4. The summed E-state index contributed by atoms with van der Waals surface area (Å²) >= 11 is 0. The van der Waals surface area contributed by atoms with Crippen LogP contribution in [0.5, 0.6) is 5.75 Å². The molecule has 1 heterocycles. The molecule has 0 spiro atoms. The van der Waals surface area contributed by atoms with E-state index < -0.39 is 0 Å². The molecular weight excluding hydrogens is 314 g/mol. The van der Waals surface area contributed by atoms with Crippen LogP contribution in [0.25, 0.3) is 0 Å². The van der Waals surface area contributed by atoms with Gasteiger partial charge in [-0.05, 0) is 55.7 Å². The van der Waals surface area contributed by atoms with Crippen LogP contribution in [0.3, 0.4) is 0 Å². The summed E-state index contributed by atoms with van der Waals surface area (Å²) in [5.74, 6) is 0.166. The number of piperidine rings is 1. The second kappa shape index (κ2) is 8.20. The minimum absolute atomic E-state index is 0.132. The fraction of sp³-hybridized carbons (Fsp3) is 0.300. The van der Waals surface area contributed by atoms with Gasteiger partial charge in [-0.3, -0.25) is 4.79 Å². The van der Waals surface area contributed by atoms with Crippen LogP contribution in [0.4, 0.5) is 11.4 Å². The lowest BCUT2D eigenvalue weighted by Crippen LogP contribution is -2.29. The average molecular weight is 335 g/mol. The molecule has 1 fully saturated rings. The molecular formula is C20H21N3O2. The predicted octanol–water partition coefficient (Wildman–Crippen LogP) is 3.57. The van der Waals surface area contributed by atoms with Gasteiger partial charge in [-0.1, -0.05) is 12.1 Å². The van der Waals surface area contributed by atoms with Crippen LogP contribution in [-0.4, -0.2) is 25.6 Å². The SMILES string of the molecule is N#Cc1ccccc1OCC(=O)Nc1ccc(N2CCCCC2)cc1. The second-order valence-corrected chi connectivity index (χ2v) is 6.04. The maximum Gasteiger partial charge on any atom is 0.262 e. The van der Waals surface area contributed by atoms with Crippen LogP contribution in [0, 0.1) is 11.3 Å². The highest BCUT2D eigenvalue weighted by molar-refractivity contribution is 5.92. The van der Waals surface area contributed by atoms with E-state index >= 15 is 0 Å². The van der Waals surface area contributed by atoms with Gasteiger partial charge >= 0.3 is 0 Å². The van der Waals surface area contributed by atoms with Crippen molar-refractivity contribution in [3.63, 3.8) is 0 Å². The number of anilines is 2. The Morgan fingerprint density at radius 1 is 1.08 bits per heavy atom. The number of para-hydroxylation sites is 1. The Hall–Kier alpha value is -3.00. The van der Waals surface area contributed by atoms with Crippen molar-refractivity contribution in [2.75, 3.05) is 29.9 Å². The number of nitriles is 1. The van der Waals surface area contributed by atoms with Gasteiger partial charge in [0, 0.05) is 24.5 Å². The van der Waals surface area contributed by atoms with E-state index in [-0.39, 0.29) is 12.5 Å². The van der Waals surface area contributed by atoms with Crippen molar-refractivity contribution < 1.29 is 9.53 Å². The molecule has 0 saturated carbocycles. The summed E-state index contributed by atoms with van der Waals surface area (Å²) in [5.41, 5.74) is 2.35. The number of nitrogens with one attached hydrogen (secondary N) is 1. The van der Waals surface area contributed by atoms with Crippen molar-refractivity contribution in [1.29, 1.82) is 5.26 Å². The normalized spacial score (nSPS) is 13.8. The van der Waals surface area contributed by atoms with Gasteiger partial charge < -0.3 is 15.0 Å². The highest BCUT2D eigenvalue weighted by Crippen LogP contribution is 2.22. The van der Waals surface area contributed by atoms with Gasteiger partial charge in [0.2, 0.25) is 0 Å². The number of carbonyl (C=O) groups excluding carboxylic acids is 1. The van der Waals surface area contributed by atoms with Crippen molar-refractivity contribution in [2.45, 2.75) is 19.3 Å². The number of amides is 1. The Bertz CT molecular complexity index is 759. The smallest absolute Gasteiger partial charge is 0.262 e. The van der Waals surface area contributed by atoms with Gasteiger partial charge in [0.25, 0.3) is 5.91 Å². The first-order valence-electron chi connectivity index (χ1n) is 8.53. The first-order valence-corrected chi connectivity index (χ1v) is 8.53. The lowest BCUT2D eigenvalue weighted by Gasteiger charge is -2.28. The summed E-state index contributed by atoms with van der Waals surface area (Å²) in [4.78, 5) is 14.4. The highest BCUT2D eigenvalue weighted by atomic mass is 16.5. The van der Waals surface area contributed by atoms with Crippen molar-refractivity contribution >= 4 is 17.3 Å². The number of ether oxygens (including phenoxy) is 1. The van der Waals surface area contributed by atoms with Crippen LogP contribution >= 0.6 is 0 Å². The first-order chi connectivity index (χ1) is 12.3. The zero-order chi connectivity index (χ0) is 17.5. The van der Waals surface area contributed by atoms with Gasteiger partial charge in [0.05, 0.1) is 5.56 Å². The van der Waals surface area contributed by atoms with Crippen LogP contribution in [-0.2, 0) is 4.79 Å². The third-order valence-electron chi connectivity index (χ3n) is 4.24. The number of carbonyl (C=O) groups is 1. The molecule has 0 radical (unpaired) electrons. The molecule has 0 atom stereocenters. The van der Waals surface area contributed by atoms with E-state index in [2.05, 4.69) is 10.2 Å². The van der Waals surface area contributed by atoms with Crippen molar-refractivity contribution in [1.82, 2.24) is 0 Å². The van der Waals surface area contributed by atoms with Gasteiger partial charge in [-0.2, -0.15) is 5.26 Å². The van der Waals surface area contributed by atoms with E-state index in [1.54, 1.807) is 24.3 Å². The molecule has 0 aromatic heterocycles. The zero-order valence-corrected chi connectivity index (χ0v) is 14.1. The Morgan fingerprint density at radius 3 is 2.52 bits per heavy atom. The van der Waals surface area contributed by atoms with Crippen LogP contribution in [0.1, 0.15) is 24.8 Å². The Balaban J connectivity index is 1.53. The third kappa shape index (κ3) is 4.51. The summed E-state index contributed by atoms with van der Waals surface area (Å²) in [5, 5.41) is 11.8. The topological polar surface area (TPSA) is 65.4 Å². The second-order valence-electron chi connectivity index (χ2n) is 6.04. The largest absolute Gasteiger partial charge is 0.482 e. The van der Waals surface area contributed by atoms with Gasteiger partial charge in [0.1, 0.15) is 11.8 Å². The fourth-order valence-corrected chi connectivity index (χ4v) is 2.93. The predicted molar refractivity (Wildman–Crippen MR) is 97.8 cm³/mol. The van der Waals surface area contributed by atoms with Crippen LogP contribution in [0.2, 0.25) is 0 Å².